The molecule has 2 rings (SSSR count). The van der Waals surface area contributed by atoms with Crippen LogP contribution in [0.5, 0.6) is 11.5 Å². The van der Waals surface area contributed by atoms with E-state index in [9.17, 15) is 4.79 Å². The molecule has 1 aromatic carbocycles. The third kappa shape index (κ3) is 2.34. The molecule has 0 atom stereocenters. The standard InChI is InChI=1S/C10H8Br2O3/c11-10(12)9(13)6-1-2-7-8(5-6)15-4-3-14-7/h1-2,5,10H,3-4H2. The Morgan fingerprint density at radius 1 is 1.20 bits per heavy atom. The van der Waals surface area contributed by atoms with Gasteiger partial charge in [0.1, 0.15) is 17.0 Å². The number of ether oxygens (including phenoxy) is 2. The molecule has 0 radical (unpaired) electrons. The van der Waals surface area contributed by atoms with Crippen molar-refractivity contribution in [3.05, 3.63) is 23.8 Å². The van der Waals surface area contributed by atoms with Crippen LogP contribution in [0.15, 0.2) is 18.2 Å². The van der Waals surface area contributed by atoms with Crippen LogP contribution in [-0.4, -0.2) is 22.7 Å². The Morgan fingerprint density at radius 3 is 2.53 bits per heavy atom. The van der Waals surface area contributed by atoms with E-state index in [-0.39, 0.29) is 9.52 Å². The van der Waals surface area contributed by atoms with Gasteiger partial charge in [0.15, 0.2) is 17.3 Å². The van der Waals surface area contributed by atoms with Crippen LogP contribution in [0.2, 0.25) is 0 Å². The maximum atomic E-state index is 11.6. The Labute approximate surface area is 104 Å². The predicted molar refractivity (Wildman–Crippen MR) is 63.4 cm³/mol. The Kier molecular flexibility index (Phi) is 3.31. The predicted octanol–water partition coefficient (Wildman–Crippen LogP) is 2.76. The van der Waals surface area contributed by atoms with Crippen molar-refractivity contribution in [2.24, 2.45) is 0 Å². The number of rotatable bonds is 2. The minimum Gasteiger partial charge on any atom is -0.486 e. The number of carbonyl (C=O) groups is 1. The first-order chi connectivity index (χ1) is 7.18. The zero-order chi connectivity index (χ0) is 10.8. The minimum absolute atomic E-state index is 0.0352. The highest BCUT2D eigenvalue weighted by molar-refractivity contribution is 9.25. The van der Waals surface area contributed by atoms with Gasteiger partial charge >= 0.3 is 0 Å². The highest BCUT2D eigenvalue weighted by Gasteiger charge is 2.17. The van der Waals surface area contributed by atoms with Crippen LogP contribution in [0, 0.1) is 0 Å². The molecule has 80 valence electrons. The van der Waals surface area contributed by atoms with Crippen LogP contribution in [0.25, 0.3) is 0 Å². The molecule has 15 heavy (non-hydrogen) atoms. The number of hydrogen-bond donors (Lipinski definition) is 0. The summed E-state index contributed by atoms with van der Waals surface area (Å²) in [5.74, 6) is 1.29. The Bertz CT molecular complexity index is 390. The average Bonchev–Trinajstić information content (AvgIpc) is 2.27. The smallest absolute Gasteiger partial charge is 0.187 e. The van der Waals surface area contributed by atoms with E-state index in [1.165, 1.54) is 0 Å². The highest BCUT2D eigenvalue weighted by atomic mass is 79.9. The van der Waals surface area contributed by atoms with Crippen LogP contribution >= 0.6 is 31.9 Å². The van der Waals surface area contributed by atoms with Gasteiger partial charge in [0.25, 0.3) is 0 Å². The van der Waals surface area contributed by atoms with Gasteiger partial charge in [0.05, 0.1) is 0 Å². The van der Waals surface area contributed by atoms with Crippen LogP contribution in [-0.2, 0) is 0 Å². The number of ketones is 1. The van der Waals surface area contributed by atoms with Gasteiger partial charge in [0, 0.05) is 5.56 Å². The average molecular weight is 336 g/mol. The Hall–Kier alpha value is -0.550. The van der Waals surface area contributed by atoms with Crippen LogP contribution in [0.3, 0.4) is 0 Å². The molecule has 3 nitrogen and oxygen atoms in total. The molecule has 1 heterocycles. The van der Waals surface area contributed by atoms with Crippen molar-refractivity contribution >= 4 is 37.6 Å². The van der Waals surface area contributed by atoms with E-state index < -0.39 is 0 Å². The highest BCUT2D eigenvalue weighted by Crippen LogP contribution is 2.31. The van der Waals surface area contributed by atoms with Gasteiger partial charge in [-0.2, -0.15) is 0 Å². The molecule has 5 heteroatoms. The lowest BCUT2D eigenvalue weighted by molar-refractivity contribution is 0.101. The summed E-state index contributed by atoms with van der Waals surface area (Å²) < 4.78 is 10.4. The normalized spacial score (nSPS) is 14.1. The van der Waals surface area contributed by atoms with Gasteiger partial charge < -0.3 is 9.47 Å². The summed E-state index contributed by atoms with van der Waals surface area (Å²) in [4.78, 5) is 11.6. The summed E-state index contributed by atoms with van der Waals surface area (Å²) >= 11 is 6.34. The topological polar surface area (TPSA) is 35.5 Å². The largest absolute Gasteiger partial charge is 0.486 e. The van der Waals surface area contributed by atoms with Crippen molar-refractivity contribution in [3.8, 4) is 11.5 Å². The van der Waals surface area contributed by atoms with Crippen LogP contribution in [0.1, 0.15) is 10.4 Å². The lowest BCUT2D eigenvalue weighted by atomic mass is 10.1. The fraction of sp³-hybridized carbons (Fsp3) is 0.300. The van der Waals surface area contributed by atoms with E-state index in [2.05, 4.69) is 31.9 Å². The number of hydrogen-bond acceptors (Lipinski definition) is 3. The van der Waals surface area contributed by atoms with E-state index in [0.29, 0.717) is 30.3 Å². The number of carbonyl (C=O) groups excluding carboxylic acids is 1. The molecule has 0 bridgehead atoms. The van der Waals surface area contributed by atoms with Gasteiger partial charge in [-0.05, 0) is 18.2 Å². The molecule has 1 aliphatic rings. The van der Waals surface area contributed by atoms with Crippen molar-refractivity contribution in [2.45, 2.75) is 3.74 Å². The number of Topliss-reactive ketones (excluding diaryl/α,β-unsaturated/α-hetero) is 1. The summed E-state index contributed by atoms with van der Waals surface area (Å²) in [6.45, 7) is 1.08. The van der Waals surface area contributed by atoms with Crippen LogP contribution < -0.4 is 9.47 Å². The summed E-state index contributed by atoms with van der Waals surface area (Å²) in [5, 5.41) is 0. The lowest BCUT2D eigenvalue weighted by Gasteiger charge is -2.18. The van der Waals surface area contributed by atoms with Crippen molar-refractivity contribution in [1.29, 1.82) is 0 Å². The molecule has 0 amide bonds. The van der Waals surface area contributed by atoms with Crippen LogP contribution in [0.4, 0.5) is 0 Å². The van der Waals surface area contributed by atoms with Gasteiger partial charge in [-0.1, -0.05) is 31.9 Å². The molecule has 1 aliphatic heterocycles. The first-order valence-electron chi connectivity index (χ1n) is 4.40. The number of alkyl halides is 2. The third-order valence-corrected chi connectivity index (χ3v) is 2.86. The monoisotopic (exact) mass is 334 g/mol. The second kappa shape index (κ2) is 4.53. The molecular weight excluding hydrogens is 328 g/mol. The van der Waals surface area contributed by atoms with Gasteiger partial charge in [0.2, 0.25) is 0 Å². The first-order valence-corrected chi connectivity index (χ1v) is 6.23. The molecule has 0 aliphatic carbocycles. The molecule has 0 fully saturated rings. The van der Waals surface area contributed by atoms with Gasteiger partial charge in [-0.25, -0.2) is 0 Å². The quantitative estimate of drug-likeness (QED) is 0.616. The third-order valence-electron chi connectivity index (χ3n) is 2.02. The van der Waals surface area contributed by atoms with Crippen molar-refractivity contribution in [1.82, 2.24) is 0 Å². The molecule has 1 aromatic rings. The zero-order valence-electron chi connectivity index (χ0n) is 7.70. The molecule has 0 spiro atoms. The fourth-order valence-corrected chi connectivity index (χ4v) is 1.85. The second-order valence-corrected chi connectivity index (χ2v) is 6.08. The van der Waals surface area contributed by atoms with Gasteiger partial charge in [-0.3, -0.25) is 4.79 Å². The first kappa shape index (κ1) is 11.0. The Balaban J connectivity index is 2.32. The molecule has 0 aromatic heterocycles. The lowest BCUT2D eigenvalue weighted by Crippen LogP contribution is -2.16. The summed E-state index contributed by atoms with van der Waals surface area (Å²) in [7, 11) is 0. The number of fused-ring (bicyclic) bond motifs is 1. The number of benzene rings is 1. The maximum absolute atomic E-state index is 11.6. The van der Waals surface area contributed by atoms with E-state index in [1.807, 2.05) is 0 Å². The van der Waals surface area contributed by atoms with E-state index in [4.69, 9.17) is 9.47 Å². The van der Waals surface area contributed by atoms with E-state index >= 15 is 0 Å². The molecule has 0 saturated carbocycles. The van der Waals surface area contributed by atoms with E-state index in [0.717, 1.165) is 0 Å². The molecule has 0 saturated heterocycles. The maximum Gasteiger partial charge on any atom is 0.187 e. The SMILES string of the molecule is O=C(c1ccc2c(c1)OCCO2)C(Br)Br. The molecule has 0 unspecified atom stereocenters. The van der Waals surface area contributed by atoms with Crippen molar-refractivity contribution in [2.75, 3.05) is 13.2 Å². The summed E-state index contributed by atoms with van der Waals surface area (Å²) in [5.41, 5.74) is 0.595. The van der Waals surface area contributed by atoms with Crippen molar-refractivity contribution < 1.29 is 14.3 Å². The second-order valence-electron chi connectivity index (χ2n) is 3.02. The summed E-state index contributed by atoms with van der Waals surface area (Å²) in [6.07, 6.45) is 0. The molecular formula is C10H8Br2O3. The zero-order valence-corrected chi connectivity index (χ0v) is 10.9. The number of halogens is 2. The minimum atomic E-state index is -0.368. The van der Waals surface area contributed by atoms with Crippen molar-refractivity contribution in [3.63, 3.8) is 0 Å². The van der Waals surface area contributed by atoms with E-state index in [1.54, 1.807) is 18.2 Å². The fourth-order valence-electron chi connectivity index (χ4n) is 1.32. The molecule has 0 N–H and O–H groups in total. The Morgan fingerprint density at radius 2 is 1.87 bits per heavy atom. The van der Waals surface area contributed by atoms with Gasteiger partial charge in [-0.15, -0.1) is 0 Å². The summed E-state index contributed by atoms with van der Waals surface area (Å²) in [6, 6.07) is 5.18.